The minimum absolute atomic E-state index is 0.125. The monoisotopic (exact) mass is 330 g/mol. The van der Waals surface area contributed by atoms with Gasteiger partial charge in [-0.05, 0) is 57.3 Å². The van der Waals surface area contributed by atoms with Gasteiger partial charge in [0.05, 0.1) is 5.69 Å². The van der Waals surface area contributed by atoms with Gasteiger partial charge in [-0.15, -0.1) is 5.10 Å². The molecule has 1 aromatic rings. The number of nitrogens with zero attached hydrogens (tertiary/aromatic N) is 4. The Morgan fingerprint density at radius 3 is 2.50 bits per heavy atom. The van der Waals surface area contributed by atoms with Crippen molar-refractivity contribution >= 4 is 5.91 Å². The van der Waals surface area contributed by atoms with E-state index in [9.17, 15) is 4.79 Å². The zero-order valence-corrected chi connectivity index (χ0v) is 14.9. The molecule has 0 spiro atoms. The van der Waals surface area contributed by atoms with E-state index in [1.165, 1.54) is 57.8 Å². The van der Waals surface area contributed by atoms with Crippen LogP contribution >= 0.6 is 0 Å². The highest BCUT2D eigenvalue weighted by Crippen LogP contribution is 2.36. The van der Waals surface area contributed by atoms with Crippen LogP contribution in [0.1, 0.15) is 80.4 Å². The molecule has 2 aliphatic carbocycles. The maximum absolute atomic E-state index is 13.1. The predicted molar refractivity (Wildman–Crippen MR) is 92.7 cm³/mol. The molecule has 24 heavy (non-hydrogen) atoms. The summed E-state index contributed by atoms with van der Waals surface area (Å²) in [6.45, 7) is 3.84. The van der Waals surface area contributed by atoms with Gasteiger partial charge in [0.15, 0.2) is 5.69 Å². The fourth-order valence-corrected chi connectivity index (χ4v) is 5.18. The summed E-state index contributed by atoms with van der Waals surface area (Å²) in [6, 6.07) is 0.444. The molecule has 0 bridgehead atoms. The number of rotatable bonds is 4. The van der Waals surface area contributed by atoms with Gasteiger partial charge in [-0.25, -0.2) is 4.68 Å². The topological polar surface area (TPSA) is 51.0 Å². The third-order valence-electron chi connectivity index (χ3n) is 6.60. The molecule has 0 aromatic carbocycles. The molecule has 0 radical (unpaired) electrons. The van der Waals surface area contributed by atoms with E-state index >= 15 is 0 Å². The molecule has 2 heterocycles. The number of hydrogen-bond donors (Lipinski definition) is 0. The fourth-order valence-electron chi connectivity index (χ4n) is 5.18. The smallest absolute Gasteiger partial charge is 0.276 e. The Morgan fingerprint density at radius 2 is 1.75 bits per heavy atom. The molecule has 5 heteroatoms. The number of carbonyl (C=O) groups is 1. The lowest BCUT2D eigenvalue weighted by atomic mass is 9.96. The van der Waals surface area contributed by atoms with E-state index in [-0.39, 0.29) is 5.91 Å². The molecule has 0 unspecified atom stereocenters. The van der Waals surface area contributed by atoms with E-state index in [0.29, 0.717) is 23.6 Å². The molecule has 1 aliphatic heterocycles. The molecule has 3 fully saturated rings. The first-order chi connectivity index (χ1) is 11.7. The SMILES string of the molecule is Cc1c(C(=O)N2CCC[C@@H]2C2CCCC2)nnn1CC1CCCC1. The first kappa shape index (κ1) is 16.1. The van der Waals surface area contributed by atoms with Gasteiger partial charge in [-0.3, -0.25) is 4.79 Å². The van der Waals surface area contributed by atoms with Gasteiger partial charge in [0.25, 0.3) is 5.91 Å². The lowest BCUT2D eigenvalue weighted by molar-refractivity contribution is 0.0682. The number of likely N-dealkylation sites (tertiary alicyclic amines) is 1. The maximum atomic E-state index is 13.1. The molecule has 3 aliphatic rings. The quantitative estimate of drug-likeness (QED) is 0.848. The van der Waals surface area contributed by atoms with Crippen molar-refractivity contribution in [2.45, 2.75) is 83.7 Å². The first-order valence-corrected chi connectivity index (χ1v) is 9.95. The van der Waals surface area contributed by atoms with Crippen molar-refractivity contribution in [2.24, 2.45) is 11.8 Å². The van der Waals surface area contributed by atoms with Crippen molar-refractivity contribution in [3.05, 3.63) is 11.4 Å². The highest BCUT2D eigenvalue weighted by Gasteiger charge is 2.37. The van der Waals surface area contributed by atoms with E-state index in [4.69, 9.17) is 0 Å². The first-order valence-electron chi connectivity index (χ1n) is 9.95. The van der Waals surface area contributed by atoms with Crippen LogP contribution in [0.4, 0.5) is 0 Å². The van der Waals surface area contributed by atoms with Crippen LogP contribution in [0.3, 0.4) is 0 Å². The highest BCUT2D eigenvalue weighted by molar-refractivity contribution is 5.93. The average molecular weight is 330 g/mol. The Labute approximate surface area is 144 Å². The van der Waals surface area contributed by atoms with Crippen LogP contribution in [0, 0.1) is 18.8 Å². The van der Waals surface area contributed by atoms with E-state index < -0.39 is 0 Å². The Hall–Kier alpha value is -1.39. The fraction of sp³-hybridized carbons (Fsp3) is 0.842. The summed E-state index contributed by atoms with van der Waals surface area (Å²) < 4.78 is 1.98. The average Bonchev–Trinajstić information content (AvgIpc) is 3.36. The number of hydrogen-bond acceptors (Lipinski definition) is 3. The maximum Gasteiger partial charge on any atom is 0.276 e. The van der Waals surface area contributed by atoms with Crippen LogP contribution in [-0.4, -0.2) is 38.4 Å². The van der Waals surface area contributed by atoms with Crippen molar-refractivity contribution < 1.29 is 4.79 Å². The van der Waals surface area contributed by atoms with Crippen LogP contribution in [0.2, 0.25) is 0 Å². The van der Waals surface area contributed by atoms with Gasteiger partial charge in [-0.2, -0.15) is 0 Å². The van der Waals surface area contributed by atoms with Crippen molar-refractivity contribution in [1.29, 1.82) is 0 Å². The lowest BCUT2D eigenvalue weighted by Crippen LogP contribution is -2.39. The van der Waals surface area contributed by atoms with Crippen LogP contribution < -0.4 is 0 Å². The minimum Gasteiger partial charge on any atom is -0.334 e. The molecule has 1 amide bonds. The second kappa shape index (κ2) is 6.85. The number of carbonyl (C=O) groups excluding carboxylic acids is 1. The van der Waals surface area contributed by atoms with Crippen LogP contribution in [-0.2, 0) is 6.54 Å². The summed E-state index contributed by atoms with van der Waals surface area (Å²) >= 11 is 0. The zero-order valence-electron chi connectivity index (χ0n) is 14.9. The Balaban J connectivity index is 1.48. The molecular formula is C19H30N4O. The van der Waals surface area contributed by atoms with Crippen molar-refractivity contribution in [1.82, 2.24) is 19.9 Å². The van der Waals surface area contributed by atoms with Crippen molar-refractivity contribution in [3.8, 4) is 0 Å². The van der Waals surface area contributed by atoms with Crippen molar-refractivity contribution in [2.75, 3.05) is 6.54 Å². The molecule has 1 atom stereocenters. The largest absolute Gasteiger partial charge is 0.334 e. The standard InChI is InChI=1S/C19H30N4O/c1-14-18(20-21-23(14)13-15-7-2-3-8-15)19(24)22-12-6-11-17(22)16-9-4-5-10-16/h15-17H,2-13H2,1H3/t17-/m1/s1. The van der Waals surface area contributed by atoms with Gasteiger partial charge in [0.1, 0.15) is 0 Å². The molecule has 4 rings (SSSR count). The lowest BCUT2D eigenvalue weighted by Gasteiger charge is -2.29. The van der Waals surface area contributed by atoms with Crippen LogP contribution in [0.5, 0.6) is 0 Å². The predicted octanol–water partition coefficient (Wildman–Crippen LogP) is 3.57. The molecule has 132 valence electrons. The second-order valence-electron chi connectivity index (χ2n) is 8.11. The summed E-state index contributed by atoms with van der Waals surface area (Å²) in [5.41, 5.74) is 1.56. The molecule has 5 nitrogen and oxygen atoms in total. The highest BCUT2D eigenvalue weighted by atomic mass is 16.2. The third-order valence-corrected chi connectivity index (χ3v) is 6.60. The number of aromatic nitrogens is 3. The molecule has 1 aromatic heterocycles. The molecular weight excluding hydrogens is 300 g/mol. The van der Waals surface area contributed by atoms with E-state index in [1.807, 2.05) is 11.6 Å². The van der Waals surface area contributed by atoms with Gasteiger partial charge in [-0.1, -0.05) is 30.9 Å². The summed E-state index contributed by atoms with van der Waals surface area (Å²) in [5.74, 6) is 1.55. The summed E-state index contributed by atoms with van der Waals surface area (Å²) in [6.07, 6.45) is 12.8. The second-order valence-corrected chi connectivity index (χ2v) is 8.11. The molecule has 2 saturated carbocycles. The zero-order chi connectivity index (χ0) is 16.5. The number of amides is 1. The third kappa shape index (κ3) is 2.98. The van der Waals surface area contributed by atoms with E-state index in [2.05, 4.69) is 15.2 Å². The Bertz CT molecular complexity index is 584. The van der Waals surface area contributed by atoms with Crippen LogP contribution in [0.25, 0.3) is 0 Å². The van der Waals surface area contributed by atoms with Gasteiger partial charge in [0, 0.05) is 19.1 Å². The van der Waals surface area contributed by atoms with E-state index in [0.717, 1.165) is 25.2 Å². The Kier molecular flexibility index (Phi) is 4.59. The van der Waals surface area contributed by atoms with Gasteiger partial charge in [0.2, 0.25) is 0 Å². The normalized spacial score (nSPS) is 25.9. The summed E-state index contributed by atoms with van der Waals surface area (Å²) in [4.78, 5) is 15.2. The summed E-state index contributed by atoms with van der Waals surface area (Å²) in [7, 11) is 0. The molecule has 0 N–H and O–H groups in total. The van der Waals surface area contributed by atoms with Gasteiger partial charge < -0.3 is 4.90 Å². The summed E-state index contributed by atoms with van der Waals surface area (Å²) in [5, 5.41) is 8.60. The Morgan fingerprint density at radius 1 is 1.04 bits per heavy atom. The van der Waals surface area contributed by atoms with Crippen LogP contribution in [0.15, 0.2) is 0 Å². The minimum atomic E-state index is 0.125. The van der Waals surface area contributed by atoms with Gasteiger partial charge >= 0.3 is 0 Å². The molecule has 1 saturated heterocycles. The van der Waals surface area contributed by atoms with Crippen molar-refractivity contribution in [3.63, 3.8) is 0 Å². The van der Waals surface area contributed by atoms with E-state index in [1.54, 1.807) is 0 Å².